The first-order chi connectivity index (χ1) is 17.9. The van der Waals surface area contributed by atoms with Gasteiger partial charge in [0.2, 0.25) is 5.91 Å². The number of piperazine rings is 1. The second kappa shape index (κ2) is 10.4. The van der Waals surface area contributed by atoms with E-state index in [2.05, 4.69) is 20.7 Å². The highest BCUT2D eigenvalue weighted by atomic mass is 35.5. The summed E-state index contributed by atoms with van der Waals surface area (Å²) in [6.45, 7) is 0.664. The van der Waals surface area contributed by atoms with E-state index >= 15 is 0 Å². The van der Waals surface area contributed by atoms with Crippen LogP contribution in [0.3, 0.4) is 0 Å². The van der Waals surface area contributed by atoms with Gasteiger partial charge in [-0.25, -0.2) is 4.68 Å². The Morgan fingerprint density at radius 3 is 2.49 bits per heavy atom. The number of nitrogens with one attached hydrogen (secondary N) is 2. The zero-order valence-corrected chi connectivity index (χ0v) is 20.8. The molecule has 0 atom stereocenters. The molecule has 4 aromatic rings. The predicted molar refractivity (Wildman–Crippen MR) is 140 cm³/mol. The van der Waals surface area contributed by atoms with Gasteiger partial charge in [0.05, 0.1) is 33.5 Å². The van der Waals surface area contributed by atoms with Crippen LogP contribution in [0.5, 0.6) is 0 Å². The van der Waals surface area contributed by atoms with Crippen molar-refractivity contribution in [1.29, 1.82) is 0 Å². The largest absolute Gasteiger partial charge is 0.353 e. The highest BCUT2D eigenvalue weighted by molar-refractivity contribution is 6.38. The number of carbonyl (C=O) groups excluding carboxylic acids is 3. The van der Waals surface area contributed by atoms with E-state index in [1.54, 1.807) is 36.5 Å². The standard InChI is InChI=1S/C26H20Cl2N6O3/c27-19-13-20(28)18(12-17(19)21-8-4-5-9-29-21)25(36)31-23-14-22(26(37)33-11-10-30-24(35)15-33)32-34(23)16-6-2-1-3-7-16/h1-9,12-14H,10-11,15H2,(H,30,35)(H,31,36). The fourth-order valence-corrected chi connectivity index (χ4v) is 4.51. The predicted octanol–water partition coefficient (Wildman–Crippen LogP) is 4.07. The molecule has 3 amide bonds. The molecular weight excluding hydrogens is 515 g/mol. The van der Waals surface area contributed by atoms with Gasteiger partial charge in [-0.05, 0) is 36.4 Å². The molecule has 3 heterocycles. The summed E-state index contributed by atoms with van der Waals surface area (Å²) in [5, 5.41) is 10.5. The maximum absolute atomic E-state index is 13.4. The van der Waals surface area contributed by atoms with E-state index in [4.69, 9.17) is 23.2 Å². The van der Waals surface area contributed by atoms with Crippen molar-refractivity contribution < 1.29 is 14.4 Å². The number of rotatable bonds is 5. The minimum Gasteiger partial charge on any atom is -0.353 e. The maximum atomic E-state index is 13.4. The van der Waals surface area contributed by atoms with E-state index in [1.165, 1.54) is 21.7 Å². The van der Waals surface area contributed by atoms with Crippen LogP contribution in [0.1, 0.15) is 20.8 Å². The Kier molecular flexibility index (Phi) is 6.89. The summed E-state index contributed by atoms with van der Waals surface area (Å²) in [7, 11) is 0. The number of hydrogen-bond donors (Lipinski definition) is 2. The summed E-state index contributed by atoms with van der Waals surface area (Å²) in [5.74, 6) is -0.919. The van der Waals surface area contributed by atoms with Gasteiger partial charge in [-0.3, -0.25) is 19.4 Å². The van der Waals surface area contributed by atoms with Crippen LogP contribution in [0.15, 0.2) is 72.9 Å². The molecule has 1 fully saturated rings. The first-order valence-corrected chi connectivity index (χ1v) is 12.1. The molecule has 2 aromatic carbocycles. The van der Waals surface area contributed by atoms with Crippen molar-refractivity contribution >= 4 is 46.7 Å². The molecule has 1 aliphatic heterocycles. The highest BCUT2D eigenvalue weighted by Gasteiger charge is 2.26. The Morgan fingerprint density at radius 2 is 1.76 bits per heavy atom. The Hall–Kier alpha value is -4.21. The number of carbonyl (C=O) groups is 3. The van der Waals surface area contributed by atoms with Crippen LogP contribution in [-0.4, -0.2) is 57.0 Å². The van der Waals surface area contributed by atoms with Crippen LogP contribution in [0, 0.1) is 0 Å². The summed E-state index contributed by atoms with van der Waals surface area (Å²) in [4.78, 5) is 44.0. The quantitative estimate of drug-likeness (QED) is 0.401. The number of halogens is 2. The Balaban J connectivity index is 1.50. The molecular formula is C26H20Cl2N6O3. The lowest BCUT2D eigenvalue weighted by molar-refractivity contribution is -0.123. The molecule has 0 unspecified atom stereocenters. The van der Waals surface area contributed by atoms with Gasteiger partial charge in [0.25, 0.3) is 11.8 Å². The van der Waals surface area contributed by atoms with Crippen LogP contribution in [-0.2, 0) is 4.79 Å². The molecule has 1 aliphatic rings. The van der Waals surface area contributed by atoms with Gasteiger partial charge in [0.15, 0.2) is 5.69 Å². The van der Waals surface area contributed by atoms with E-state index in [-0.39, 0.29) is 34.5 Å². The lowest BCUT2D eigenvalue weighted by atomic mass is 10.1. The fraction of sp³-hybridized carbons (Fsp3) is 0.115. The average Bonchev–Trinajstić information content (AvgIpc) is 3.33. The second-order valence-corrected chi connectivity index (χ2v) is 9.03. The maximum Gasteiger partial charge on any atom is 0.274 e. The molecule has 0 aliphatic carbocycles. The topological polar surface area (TPSA) is 109 Å². The number of amides is 3. The van der Waals surface area contributed by atoms with Gasteiger partial charge >= 0.3 is 0 Å². The molecule has 1 saturated heterocycles. The summed E-state index contributed by atoms with van der Waals surface area (Å²) in [6, 6.07) is 19.0. The molecule has 0 radical (unpaired) electrons. The lowest BCUT2D eigenvalue weighted by Gasteiger charge is -2.25. The normalized spacial score (nSPS) is 13.2. The summed E-state index contributed by atoms with van der Waals surface area (Å²) in [5.41, 5.74) is 2.03. The van der Waals surface area contributed by atoms with Crippen molar-refractivity contribution in [2.45, 2.75) is 0 Å². The number of hydrogen-bond acceptors (Lipinski definition) is 5. The number of nitrogens with zero attached hydrogens (tertiary/aromatic N) is 4. The average molecular weight is 535 g/mol. The van der Waals surface area contributed by atoms with Gasteiger partial charge in [-0.1, -0.05) is 47.5 Å². The molecule has 0 bridgehead atoms. The summed E-state index contributed by atoms with van der Waals surface area (Å²) < 4.78 is 1.46. The summed E-state index contributed by atoms with van der Waals surface area (Å²) >= 11 is 12.8. The van der Waals surface area contributed by atoms with Crippen LogP contribution in [0.4, 0.5) is 5.82 Å². The van der Waals surface area contributed by atoms with Gasteiger partial charge in [-0.2, -0.15) is 5.10 Å². The second-order valence-electron chi connectivity index (χ2n) is 8.22. The zero-order chi connectivity index (χ0) is 25.9. The smallest absolute Gasteiger partial charge is 0.274 e. The van der Waals surface area contributed by atoms with E-state index in [9.17, 15) is 14.4 Å². The van der Waals surface area contributed by atoms with Crippen molar-refractivity contribution in [2.24, 2.45) is 0 Å². The molecule has 37 heavy (non-hydrogen) atoms. The van der Waals surface area contributed by atoms with Gasteiger partial charge < -0.3 is 15.5 Å². The zero-order valence-electron chi connectivity index (χ0n) is 19.3. The molecule has 11 heteroatoms. The van der Waals surface area contributed by atoms with Crippen LogP contribution >= 0.6 is 23.2 Å². The minimum atomic E-state index is -0.521. The molecule has 0 saturated carbocycles. The third kappa shape index (κ3) is 5.18. The number of benzene rings is 2. The van der Waals surface area contributed by atoms with Gasteiger partial charge in [-0.15, -0.1) is 0 Å². The molecule has 2 N–H and O–H groups in total. The van der Waals surface area contributed by atoms with Crippen molar-refractivity contribution in [3.05, 3.63) is 94.2 Å². The molecule has 9 nitrogen and oxygen atoms in total. The number of pyridine rings is 1. The number of anilines is 1. The van der Waals surface area contributed by atoms with Crippen LogP contribution in [0.2, 0.25) is 10.0 Å². The van der Waals surface area contributed by atoms with Crippen molar-refractivity contribution in [3.63, 3.8) is 0 Å². The Bertz CT molecular complexity index is 1490. The van der Waals surface area contributed by atoms with Crippen LogP contribution < -0.4 is 10.6 Å². The molecule has 5 rings (SSSR count). The Morgan fingerprint density at radius 1 is 0.973 bits per heavy atom. The third-order valence-electron chi connectivity index (χ3n) is 5.74. The molecule has 186 valence electrons. The minimum absolute atomic E-state index is 0.0601. The first kappa shape index (κ1) is 24.5. The lowest BCUT2D eigenvalue weighted by Crippen LogP contribution is -2.50. The van der Waals surface area contributed by atoms with Crippen molar-refractivity contribution in [2.75, 3.05) is 25.0 Å². The molecule has 0 spiro atoms. The van der Waals surface area contributed by atoms with Gasteiger partial charge in [0, 0.05) is 30.9 Å². The highest BCUT2D eigenvalue weighted by Crippen LogP contribution is 2.32. The number of para-hydroxylation sites is 1. The fourth-order valence-electron chi connectivity index (χ4n) is 3.94. The van der Waals surface area contributed by atoms with E-state index in [0.29, 0.717) is 35.1 Å². The van der Waals surface area contributed by atoms with Gasteiger partial charge in [0.1, 0.15) is 5.82 Å². The SMILES string of the molecule is O=C1CN(C(=O)c2cc(NC(=O)c3cc(-c4ccccn4)c(Cl)cc3Cl)n(-c3ccccc3)n2)CCN1. The van der Waals surface area contributed by atoms with E-state index in [1.807, 2.05) is 24.3 Å². The third-order valence-corrected chi connectivity index (χ3v) is 6.36. The van der Waals surface area contributed by atoms with E-state index in [0.717, 1.165) is 0 Å². The first-order valence-electron chi connectivity index (χ1n) is 11.3. The Labute approximate surface area is 222 Å². The molecule has 2 aromatic heterocycles. The van der Waals surface area contributed by atoms with Crippen LogP contribution in [0.25, 0.3) is 16.9 Å². The summed E-state index contributed by atoms with van der Waals surface area (Å²) in [6.07, 6.45) is 1.63. The van der Waals surface area contributed by atoms with Crippen molar-refractivity contribution in [3.8, 4) is 16.9 Å². The van der Waals surface area contributed by atoms with E-state index < -0.39 is 11.8 Å². The van der Waals surface area contributed by atoms with Crippen molar-refractivity contribution in [1.82, 2.24) is 25.0 Å². The monoisotopic (exact) mass is 534 g/mol. The number of aromatic nitrogens is 3.